The van der Waals surface area contributed by atoms with E-state index in [-0.39, 0.29) is 5.91 Å². The molecule has 1 atom stereocenters. The first-order chi connectivity index (χ1) is 9.11. The Morgan fingerprint density at radius 3 is 2.95 bits per heavy atom. The number of carbonyl (C=O) groups is 1. The minimum atomic E-state index is -0.117. The standard InChI is InChI=1S/C14H22N4O/c1-10(18(3)12-4-5-12)9-17-14(19)13-8-11(15-2)6-7-16-13/h6-8,10,12H,4-5,9H2,1-3H3,(H,15,16)(H,17,19). The molecule has 1 amide bonds. The lowest BCUT2D eigenvalue weighted by atomic mass is 10.2. The van der Waals surface area contributed by atoms with Gasteiger partial charge in [0.05, 0.1) is 0 Å². The van der Waals surface area contributed by atoms with Crippen LogP contribution in [-0.4, -0.2) is 48.5 Å². The van der Waals surface area contributed by atoms with E-state index in [2.05, 4.69) is 34.5 Å². The molecule has 1 aliphatic carbocycles. The van der Waals surface area contributed by atoms with Gasteiger partial charge >= 0.3 is 0 Å². The van der Waals surface area contributed by atoms with E-state index in [1.54, 1.807) is 12.3 Å². The van der Waals surface area contributed by atoms with Crippen LogP contribution in [0.15, 0.2) is 18.3 Å². The summed E-state index contributed by atoms with van der Waals surface area (Å²) in [6.07, 6.45) is 4.20. The van der Waals surface area contributed by atoms with Gasteiger partial charge in [-0.25, -0.2) is 0 Å². The van der Waals surface area contributed by atoms with E-state index in [0.29, 0.717) is 24.3 Å². The van der Waals surface area contributed by atoms with E-state index in [1.165, 1.54) is 12.8 Å². The Balaban J connectivity index is 1.86. The molecular formula is C14H22N4O. The molecule has 1 saturated carbocycles. The largest absolute Gasteiger partial charge is 0.388 e. The predicted molar refractivity (Wildman–Crippen MR) is 76.4 cm³/mol. The first kappa shape index (κ1) is 13.8. The lowest BCUT2D eigenvalue weighted by Gasteiger charge is -2.24. The second-order valence-corrected chi connectivity index (χ2v) is 5.14. The zero-order valence-corrected chi connectivity index (χ0v) is 11.8. The normalized spacial score (nSPS) is 16.2. The van der Waals surface area contributed by atoms with Gasteiger partial charge < -0.3 is 10.6 Å². The van der Waals surface area contributed by atoms with Crippen LogP contribution in [0.5, 0.6) is 0 Å². The maximum atomic E-state index is 12.0. The molecule has 19 heavy (non-hydrogen) atoms. The molecule has 0 aliphatic heterocycles. The van der Waals surface area contributed by atoms with Gasteiger partial charge in [0.25, 0.3) is 5.91 Å². The number of likely N-dealkylation sites (N-methyl/N-ethyl adjacent to an activating group) is 1. The van der Waals surface area contributed by atoms with Crippen LogP contribution < -0.4 is 10.6 Å². The number of rotatable bonds is 6. The van der Waals surface area contributed by atoms with Gasteiger partial charge in [0.15, 0.2) is 0 Å². The van der Waals surface area contributed by atoms with Gasteiger partial charge in [0, 0.05) is 37.6 Å². The van der Waals surface area contributed by atoms with Crippen molar-refractivity contribution >= 4 is 11.6 Å². The van der Waals surface area contributed by atoms with E-state index < -0.39 is 0 Å². The number of amides is 1. The Bertz CT molecular complexity index is 445. The van der Waals surface area contributed by atoms with Crippen molar-refractivity contribution in [2.45, 2.75) is 31.8 Å². The number of carbonyl (C=O) groups excluding carboxylic acids is 1. The zero-order chi connectivity index (χ0) is 13.8. The number of pyridine rings is 1. The van der Waals surface area contributed by atoms with E-state index >= 15 is 0 Å². The Morgan fingerprint density at radius 2 is 2.32 bits per heavy atom. The third-order valence-corrected chi connectivity index (χ3v) is 3.66. The van der Waals surface area contributed by atoms with Crippen molar-refractivity contribution in [3.05, 3.63) is 24.0 Å². The van der Waals surface area contributed by atoms with Gasteiger partial charge in [-0.2, -0.15) is 0 Å². The molecule has 1 fully saturated rings. The molecule has 1 unspecified atom stereocenters. The Hall–Kier alpha value is -1.62. The Labute approximate surface area is 114 Å². The minimum absolute atomic E-state index is 0.117. The molecule has 5 heteroatoms. The maximum absolute atomic E-state index is 12.0. The molecular weight excluding hydrogens is 240 g/mol. The lowest BCUT2D eigenvalue weighted by Crippen LogP contribution is -2.41. The number of hydrogen-bond acceptors (Lipinski definition) is 4. The fraction of sp³-hybridized carbons (Fsp3) is 0.571. The highest BCUT2D eigenvalue weighted by atomic mass is 16.1. The first-order valence-corrected chi connectivity index (χ1v) is 6.75. The quantitative estimate of drug-likeness (QED) is 0.812. The maximum Gasteiger partial charge on any atom is 0.270 e. The Kier molecular flexibility index (Phi) is 4.37. The highest BCUT2D eigenvalue weighted by Crippen LogP contribution is 2.26. The average molecular weight is 262 g/mol. The highest BCUT2D eigenvalue weighted by molar-refractivity contribution is 5.93. The van der Waals surface area contributed by atoms with E-state index in [0.717, 1.165) is 5.69 Å². The summed E-state index contributed by atoms with van der Waals surface area (Å²) >= 11 is 0. The van der Waals surface area contributed by atoms with Crippen molar-refractivity contribution in [1.29, 1.82) is 0 Å². The molecule has 2 N–H and O–H groups in total. The third kappa shape index (κ3) is 3.67. The van der Waals surface area contributed by atoms with E-state index in [1.807, 2.05) is 13.1 Å². The van der Waals surface area contributed by atoms with E-state index in [4.69, 9.17) is 0 Å². The fourth-order valence-electron chi connectivity index (χ4n) is 2.03. The van der Waals surface area contributed by atoms with Crippen molar-refractivity contribution in [3.8, 4) is 0 Å². The summed E-state index contributed by atoms with van der Waals surface area (Å²) in [7, 11) is 3.94. The SMILES string of the molecule is CNc1ccnc(C(=O)NCC(C)N(C)C2CC2)c1. The Morgan fingerprint density at radius 1 is 1.58 bits per heavy atom. The highest BCUT2D eigenvalue weighted by Gasteiger charge is 2.29. The smallest absolute Gasteiger partial charge is 0.270 e. The second-order valence-electron chi connectivity index (χ2n) is 5.14. The van der Waals surface area contributed by atoms with Crippen LogP contribution in [0.25, 0.3) is 0 Å². The molecule has 1 aliphatic rings. The van der Waals surface area contributed by atoms with Crippen LogP contribution in [0.3, 0.4) is 0 Å². The summed E-state index contributed by atoms with van der Waals surface area (Å²) in [5.74, 6) is -0.117. The topological polar surface area (TPSA) is 57.3 Å². The van der Waals surface area contributed by atoms with Crippen LogP contribution in [-0.2, 0) is 0 Å². The molecule has 1 heterocycles. The van der Waals surface area contributed by atoms with Crippen molar-refractivity contribution in [3.63, 3.8) is 0 Å². The molecule has 1 aromatic rings. The fourth-order valence-corrected chi connectivity index (χ4v) is 2.03. The van der Waals surface area contributed by atoms with Gasteiger partial charge in [-0.3, -0.25) is 14.7 Å². The van der Waals surface area contributed by atoms with Gasteiger partial charge in [0.2, 0.25) is 0 Å². The molecule has 0 saturated heterocycles. The molecule has 0 aromatic carbocycles. The molecule has 1 aromatic heterocycles. The van der Waals surface area contributed by atoms with Crippen molar-refractivity contribution in [2.75, 3.05) is 26.0 Å². The monoisotopic (exact) mass is 262 g/mol. The molecule has 2 rings (SSSR count). The van der Waals surface area contributed by atoms with Crippen molar-refractivity contribution in [1.82, 2.24) is 15.2 Å². The minimum Gasteiger partial charge on any atom is -0.388 e. The zero-order valence-electron chi connectivity index (χ0n) is 11.8. The van der Waals surface area contributed by atoms with Crippen LogP contribution in [0, 0.1) is 0 Å². The third-order valence-electron chi connectivity index (χ3n) is 3.66. The summed E-state index contributed by atoms with van der Waals surface area (Å²) in [4.78, 5) is 18.4. The summed E-state index contributed by atoms with van der Waals surface area (Å²) in [6, 6.07) is 4.65. The second kappa shape index (κ2) is 6.02. The average Bonchev–Trinajstić information content (AvgIpc) is 3.28. The molecule has 0 spiro atoms. The van der Waals surface area contributed by atoms with Crippen LogP contribution in [0.2, 0.25) is 0 Å². The lowest BCUT2D eigenvalue weighted by molar-refractivity contribution is 0.0934. The summed E-state index contributed by atoms with van der Waals surface area (Å²) in [5.41, 5.74) is 1.34. The molecule has 104 valence electrons. The molecule has 5 nitrogen and oxygen atoms in total. The van der Waals surface area contributed by atoms with Crippen LogP contribution in [0.4, 0.5) is 5.69 Å². The van der Waals surface area contributed by atoms with Crippen LogP contribution in [0.1, 0.15) is 30.3 Å². The van der Waals surface area contributed by atoms with Gasteiger partial charge in [-0.05, 0) is 38.9 Å². The van der Waals surface area contributed by atoms with Gasteiger partial charge in [-0.15, -0.1) is 0 Å². The molecule has 0 radical (unpaired) electrons. The van der Waals surface area contributed by atoms with Crippen molar-refractivity contribution < 1.29 is 4.79 Å². The first-order valence-electron chi connectivity index (χ1n) is 6.75. The summed E-state index contributed by atoms with van der Waals surface area (Å²) in [5, 5.41) is 5.94. The number of hydrogen-bond donors (Lipinski definition) is 2. The van der Waals surface area contributed by atoms with Crippen molar-refractivity contribution in [2.24, 2.45) is 0 Å². The van der Waals surface area contributed by atoms with E-state index in [9.17, 15) is 4.79 Å². The van der Waals surface area contributed by atoms with Gasteiger partial charge in [-0.1, -0.05) is 0 Å². The number of nitrogens with one attached hydrogen (secondary N) is 2. The summed E-state index contributed by atoms with van der Waals surface area (Å²) in [6.45, 7) is 2.79. The summed E-state index contributed by atoms with van der Waals surface area (Å²) < 4.78 is 0. The predicted octanol–water partition coefficient (Wildman–Crippen LogP) is 1.34. The van der Waals surface area contributed by atoms with Crippen LogP contribution >= 0.6 is 0 Å². The number of anilines is 1. The number of aromatic nitrogens is 1. The van der Waals surface area contributed by atoms with Gasteiger partial charge in [0.1, 0.15) is 5.69 Å². The molecule has 0 bridgehead atoms. The number of nitrogens with zero attached hydrogens (tertiary/aromatic N) is 2.